The molecule has 0 radical (unpaired) electrons. The summed E-state index contributed by atoms with van der Waals surface area (Å²) in [6.07, 6.45) is 7.88. The molecule has 8 heteroatoms. The maximum atomic E-state index is 13.8. The van der Waals surface area contributed by atoms with Gasteiger partial charge in [0.15, 0.2) is 0 Å². The van der Waals surface area contributed by atoms with Crippen molar-refractivity contribution in [1.82, 2.24) is 5.32 Å². The van der Waals surface area contributed by atoms with Gasteiger partial charge in [-0.1, -0.05) is 30.8 Å². The van der Waals surface area contributed by atoms with Crippen LogP contribution in [0.4, 0.5) is 21.9 Å². The molecule has 2 amide bonds. The quantitative estimate of drug-likeness (QED) is 0.406. The molecule has 2 N–H and O–H groups in total. The molecule has 2 unspecified atom stereocenters. The van der Waals surface area contributed by atoms with E-state index in [1.54, 1.807) is 18.7 Å². The minimum atomic E-state index is -0.493. The third-order valence-corrected chi connectivity index (χ3v) is 9.62. The number of halogens is 1. The number of fused-ring (bicyclic) bond motifs is 2. The molecule has 1 heterocycles. The first-order chi connectivity index (χ1) is 17.4. The van der Waals surface area contributed by atoms with Gasteiger partial charge < -0.3 is 10.1 Å². The summed E-state index contributed by atoms with van der Waals surface area (Å²) >= 11 is 1.65. The highest BCUT2D eigenvalue weighted by Crippen LogP contribution is 2.61. The van der Waals surface area contributed by atoms with Gasteiger partial charge in [0, 0.05) is 34.0 Å². The first-order valence-corrected chi connectivity index (χ1v) is 14.1. The van der Waals surface area contributed by atoms with Gasteiger partial charge in [0.1, 0.15) is 0 Å². The van der Waals surface area contributed by atoms with E-state index in [0.717, 1.165) is 33.0 Å². The normalized spacial score (nSPS) is 28.6. The summed E-state index contributed by atoms with van der Waals surface area (Å²) in [6, 6.07) is 13.7. The maximum absolute atomic E-state index is 13.8. The number of anilines is 3. The maximum Gasteiger partial charge on any atom is 0.411 e. The summed E-state index contributed by atoms with van der Waals surface area (Å²) in [5.41, 5.74) is 3.01. The second kappa shape index (κ2) is 10.2. The van der Waals surface area contributed by atoms with Crippen molar-refractivity contribution in [2.75, 3.05) is 23.4 Å². The average Bonchev–Trinajstić information content (AvgIpc) is 2.81. The molecular formula is C29H36ClN3O3S. The molecule has 4 saturated carbocycles. The molecule has 2 aromatic rings. The van der Waals surface area contributed by atoms with E-state index >= 15 is 0 Å². The van der Waals surface area contributed by atoms with Gasteiger partial charge in [-0.15, -0.1) is 12.4 Å². The number of carbonyl (C=O) groups excluding carboxylic acids is 2. The fourth-order valence-corrected chi connectivity index (χ4v) is 8.90. The lowest BCUT2D eigenvalue weighted by Crippen LogP contribution is -2.61. The first-order valence-electron chi connectivity index (χ1n) is 13.3. The van der Waals surface area contributed by atoms with Crippen LogP contribution >= 0.6 is 24.2 Å². The zero-order valence-corrected chi connectivity index (χ0v) is 23.2. The second-order valence-corrected chi connectivity index (χ2v) is 12.6. The highest BCUT2D eigenvalue weighted by molar-refractivity contribution is 7.99. The van der Waals surface area contributed by atoms with E-state index in [2.05, 4.69) is 23.6 Å². The van der Waals surface area contributed by atoms with Crippen LogP contribution in [0.3, 0.4) is 0 Å². The van der Waals surface area contributed by atoms with Crippen LogP contribution in [0, 0.1) is 17.3 Å². The molecule has 4 bridgehead atoms. The smallest absolute Gasteiger partial charge is 0.411 e. The zero-order valence-electron chi connectivity index (χ0n) is 21.5. The fraction of sp³-hybridized carbons (Fsp3) is 0.517. The number of benzene rings is 2. The van der Waals surface area contributed by atoms with Crippen molar-refractivity contribution in [3.63, 3.8) is 0 Å². The Hall–Kier alpha value is -2.22. The van der Waals surface area contributed by atoms with Crippen LogP contribution in [0.5, 0.6) is 0 Å². The summed E-state index contributed by atoms with van der Waals surface area (Å²) in [5.74, 6) is 1.77. The third kappa shape index (κ3) is 5.10. The molecule has 1 aliphatic heterocycles. The standard InChI is InChI=1S/C29H35N3O3S.ClH/c1-3-35-27(34)31-21-8-9-25-23(13-21)32(22-6-4-5-7-24(22)36-25)26(33)10-11-30-29-16-19-12-20(17-29)15-28(2,14-19)18-29;/h4-9,13,19-20,30H,3,10-12,14-18H2,1-2H3,(H,31,34);1H. The van der Waals surface area contributed by atoms with Crippen LogP contribution in [0.15, 0.2) is 52.3 Å². The van der Waals surface area contributed by atoms with Gasteiger partial charge in [-0.3, -0.25) is 15.0 Å². The molecule has 0 aromatic heterocycles. The number of para-hydroxylation sites is 1. The lowest BCUT2D eigenvalue weighted by Gasteiger charge is -2.61. The summed E-state index contributed by atoms with van der Waals surface area (Å²) in [4.78, 5) is 29.7. The van der Waals surface area contributed by atoms with Crippen molar-refractivity contribution in [1.29, 1.82) is 0 Å². The van der Waals surface area contributed by atoms with Crippen LogP contribution in [0.25, 0.3) is 0 Å². The Morgan fingerprint density at radius 2 is 1.78 bits per heavy atom. The number of hydrogen-bond donors (Lipinski definition) is 2. The van der Waals surface area contributed by atoms with Gasteiger partial charge >= 0.3 is 6.09 Å². The van der Waals surface area contributed by atoms with E-state index in [4.69, 9.17) is 4.74 Å². The highest BCUT2D eigenvalue weighted by Gasteiger charge is 2.55. The lowest BCUT2D eigenvalue weighted by atomic mass is 9.47. The van der Waals surface area contributed by atoms with Gasteiger partial charge in [0.2, 0.25) is 5.91 Å². The van der Waals surface area contributed by atoms with E-state index in [1.807, 2.05) is 41.3 Å². The van der Waals surface area contributed by atoms with Gasteiger partial charge in [0.05, 0.1) is 18.0 Å². The lowest BCUT2D eigenvalue weighted by molar-refractivity contribution is -0.118. The van der Waals surface area contributed by atoms with Crippen LogP contribution in [-0.2, 0) is 9.53 Å². The molecular weight excluding hydrogens is 506 g/mol. The molecule has 6 nitrogen and oxygen atoms in total. The average molecular weight is 542 g/mol. The van der Waals surface area contributed by atoms with Crippen LogP contribution in [-0.4, -0.2) is 30.7 Å². The summed E-state index contributed by atoms with van der Waals surface area (Å²) in [5, 5.41) is 6.67. The number of nitrogens with one attached hydrogen (secondary N) is 2. The van der Waals surface area contributed by atoms with Gasteiger partial charge in [-0.05, 0) is 93.0 Å². The van der Waals surface area contributed by atoms with Crippen LogP contribution in [0.2, 0.25) is 0 Å². The van der Waals surface area contributed by atoms with Crippen molar-refractivity contribution in [2.45, 2.75) is 74.1 Å². The number of hydrogen-bond acceptors (Lipinski definition) is 5. The number of rotatable bonds is 6. The van der Waals surface area contributed by atoms with Crippen molar-refractivity contribution < 1.29 is 14.3 Å². The third-order valence-electron chi connectivity index (χ3n) is 8.49. The highest BCUT2D eigenvalue weighted by atomic mass is 35.5. The molecule has 2 atom stereocenters. The Morgan fingerprint density at radius 3 is 2.51 bits per heavy atom. The van der Waals surface area contributed by atoms with E-state index in [1.165, 1.54) is 38.5 Å². The van der Waals surface area contributed by atoms with Crippen molar-refractivity contribution in [3.8, 4) is 0 Å². The Labute approximate surface area is 229 Å². The predicted octanol–water partition coefficient (Wildman–Crippen LogP) is 7.14. The molecule has 0 spiro atoms. The van der Waals surface area contributed by atoms with Crippen LogP contribution < -0.4 is 15.5 Å². The zero-order chi connectivity index (χ0) is 24.9. The van der Waals surface area contributed by atoms with E-state index in [9.17, 15) is 9.59 Å². The molecule has 4 fully saturated rings. The SMILES string of the molecule is CCOC(=O)Nc1ccc2c(c1)N(C(=O)CCNC13CC4CC(CC(C)(C4)C1)C3)c1ccccc1S2.Cl. The first kappa shape index (κ1) is 26.4. The van der Waals surface area contributed by atoms with Gasteiger partial charge in [0.25, 0.3) is 0 Å². The molecule has 5 aliphatic rings. The molecule has 37 heavy (non-hydrogen) atoms. The predicted molar refractivity (Wildman–Crippen MR) is 150 cm³/mol. The molecule has 7 rings (SSSR count). The Balaban J connectivity index is 0.00000280. The summed E-state index contributed by atoms with van der Waals surface area (Å²) in [6.45, 7) is 5.25. The van der Waals surface area contributed by atoms with Crippen LogP contribution in [0.1, 0.15) is 58.8 Å². The number of amides is 2. The van der Waals surface area contributed by atoms with E-state index < -0.39 is 6.09 Å². The summed E-state index contributed by atoms with van der Waals surface area (Å²) in [7, 11) is 0. The Morgan fingerprint density at radius 1 is 1.05 bits per heavy atom. The number of carbonyl (C=O) groups is 2. The fourth-order valence-electron chi connectivity index (χ4n) is 7.86. The monoisotopic (exact) mass is 541 g/mol. The van der Waals surface area contributed by atoms with Crippen molar-refractivity contribution in [2.24, 2.45) is 17.3 Å². The Bertz CT molecular complexity index is 1190. The van der Waals surface area contributed by atoms with E-state index in [-0.39, 0.29) is 23.9 Å². The van der Waals surface area contributed by atoms with E-state index in [0.29, 0.717) is 30.7 Å². The van der Waals surface area contributed by atoms with Crippen molar-refractivity contribution in [3.05, 3.63) is 42.5 Å². The Kier molecular flexibility index (Phi) is 7.24. The molecule has 198 valence electrons. The molecule has 2 aromatic carbocycles. The number of nitrogens with zero attached hydrogens (tertiary/aromatic N) is 1. The number of ether oxygens (including phenoxy) is 1. The van der Waals surface area contributed by atoms with Gasteiger partial charge in [-0.2, -0.15) is 0 Å². The second-order valence-electron chi connectivity index (χ2n) is 11.6. The largest absolute Gasteiger partial charge is 0.450 e. The molecule has 4 aliphatic carbocycles. The van der Waals surface area contributed by atoms with Gasteiger partial charge in [-0.25, -0.2) is 4.79 Å². The molecule has 0 saturated heterocycles. The minimum Gasteiger partial charge on any atom is -0.450 e. The van der Waals surface area contributed by atoms with Crippen molar-refractivity contribution >= 4 is 53.2 Å². The summed E-state index contributed by atoms with van der Waals surface area (Å²) < 4.78 is 5.04. The topological polar surface area (TPSA) is 70.7 Å². The minimum absolute atomic E-state index is 0.